The van der Waals surface area contributed by atoms with Gasteiger partial charge in [-0.15, -0.1) is 0 Å². The third-order valence-electron chi connectivity index (χ3n) is 2.46. The Morgan fingerprint density at radius 1 is 1.04 bits per heavy atom. The number of azide groups is 1. The molecule has 0 spiro atoms. The molecule has 11 heteroatoms. The van der Waals surface area contributed by atoms with Gasteiger partial charge in [0.15, 0.2) is 0 Å². The van der Waals surface area contributed by atoms with Gasteiger partial charge in [-0.2, -0.15) is 0 Å². The molecule has 0 aromatic rings. The van der Waals surface area contributed by atoms with E-state index in [0.717, 1.165) is 0 Å². The van der Waals surface area contributed by atoms with Crippen LogP contribution in [0.1, 0.15) is 0 Å². The molecule has 0 fully saturated rings. The minimum absolute atomic E-state index is 0.177. The van der Waals surface area contributed by atoms with E-state index in [2.05, 4.69) is 10.0 Å². The minimum atomic E-state index is -1.06. The number of carboxylic acids is 1. The topological polar surface area (TPSA) is 158 Å². The Labute approximate surface area is 140 Å². The van der Waals surface area contributed by atoms with E-state index in [9.17, 15) is 4.79 Å². The Bertz CT molecular complexity index is 353. The number of carbonyl (C=O) groups is 1. The van der Waals surface area contributed by atoms with Crippen LogP contribution in [0.25, 0.3) is 10.4 Å². The number of nitrogens with zero attached hydrogens (tertiary/aromatic N) is 3. The lowest BCUT2D eigenvalue weighted by Gasteiger charge is -2.17. The average Bonchev–Trinajstić information content (AvgIpc) is 2.57. The second-order valence-electron chi connectivity index (χ2n) is 4.44. The van der Waals surface area contributed by atoms with Gasteiger partial charge in [-0.25, -0.2) is 4.79 Å². The van der Waals surface area contributed by atoms with Gasteiger partial charge in [0.05, 0.1) is 52.9 Å². The number of rotatable bonds is 18. The van der Waals surface area contributed by atoms with Gasteiger partial charge >= 0.3 is 5.97 Å². The van der Waals surface area contributed by atoms with Crippen molar-refractivity contribution in [3.05, 3.63) is 10.4 Å². The van der Waals surface area contributed by atoms with Crippen LogP contribution < -0.4 is 5.73 Å². The molecular weight excluding hydrogens is 324 g/mol. The third-order valence-corrected chi connectivity index (χ3v) is 2.46. The highest BCUT2D eigenvalue weighted by atomic mass is 16.6. The second kappa shape index (κ2) is 17.9. The molecule has 0 aromatic carbocycles. The molecule has 140 valence electrons. The Balaban J connectivity index is 3.74. The molecule has 0 saturated heterocycles. The summed E-state index contributed by atoms with van der Waals surface area (Å²) in [6.45, 7) is 2.84. The van der Waals surface area contributed by atoms with Crippen molar-refractivity contribution < 1.29 is 33.6 Å². The summed E-state index contributed by atoms with van der Waals surface area (Å²) in [5.41, 5.74) is 13.4. The standard InChI is InChI=1S/C13H26N4O7/c14-1-3-20-5-7-22-9-12(24-11-13(18)19)10-23-8-6-21-4-2-16-17-15/h12H,1-11,14H2,(H,18,19). The normalized spacial score (nSPS) is 11.9. The molecule has 0 bridgehead atoms. The summed E-state index contributed by atoms with van der Waals surface area (Å²) in [5.74, 6) is -1.06. The maximum atomic E-state index is 10.6. The number of hydrogen-bond acceptors (Lipinski definition) is 8. The Morgan fingerprint density at radius 3 is 2.17 bits per heavy atom. The molecule has 0 aliphatic heterocycles. The monoisotopic (exact) mass is 350 g/mol. The third kappa shape index (κ3) is 16.9. The van der Waals surface area contributed by atoms with Crippen molar-refractivity contribution in [3.63, 3.8) is 0 Å². The predicted molar refractivity (Wildman–Crippen MR) is 83.7 cm³/mol. The van der Waals surface area contributed by atoms with Crippen molar-refractivity contribution >= 4 is 5.97 Å². The molecule has 3 N–H and O–H groups in total. The summed E-state index contributed by atoms with van der Waals surface area (Å²) >= 11 is 0. The lowest BCUT2D eigenvalue weighted by atomic mass is 10.4. The molecule has 0 radical (unpaired) electrons. The highest BCUT2D eigenvalue weighted by Crippen LogP contribution is 1.96. The highest BCUT2D eigenvalue weighted by Gasteiger charge is 2.12. The fraction of sp³-hybridized carbons (Fsp3) is 0.923. The summed E-state index contributed by atoms with van der Waals surface area (Å²) < 4.78 is 26.2. The zero-order valence-electron chi connectivity index (χ0n) is 13.7. The van der Waals surface area contributed by atoms with E-state index in [4.69, 9.17) is 40.1 Å². The minimum Gasteiger partial charge on any atom is -0.480 e. The van der Waals surface area contributed by atoms with Crippen LogP contribution in [0.2, 0.25) is 0 Å². The van der Waals surface area contributed by atoms with Gasteiger partial charge in [0.1, 0.15) is 12.7 Å². The Hall–Kier alpha value is -1.46. The maximum Gasteiger partial charge on any atom is 0.329 e. The largest absolute Gasteiger partial charge is 0.480 e. The molecule has 24 heavy (non-hydrogen) atoms. The van der Waals surface area contributed by atoms with Crippen LogP contribution in [0.4, 0.5) is 0 Å². The summed E-state index contributed by atoms with van der Waals surface area (Å²) in [4.78, 5) is 13.2. The number of nitrogens with two attached hydrogens (primary N) is 1. The van der Waals surface area contributed by atoms with Crippen molar-refractivity contribution in [1.82, 2.24) is 0 Å². The molecule has 0 aromatic heterocycles. The van der Waals surface area contributed by atoms with Gasteiger partial charge in [-0.1, -0.05) is 5.11 Å². The summed E-state index contributed by atoms with van der Waals surface area (Å²) in [6.07, 6.45) is -0.501. The van der Waals surface area contributed by atoms with E-state index in [1.807, 2.05) is 0 Å². The summed E-state index contributed by atoms with van der Waals surface area (Å²) in [5, 5.41) is 12.0. The zero-order valence-corrected chi connectivity index (χ0v) is 13.7. The van der Waals surface area contributed by atoms with Crippen molar-refractivity contribution in [2.45, 2.75) is 6.10 Å². The van der Waals surface area contributed by atoms with Crippen LogP contribution >= 0.6 is 0 Å². The molecule has 0 amide bonds. The Kier molecular flexibility index (Phi) is 16.8. The molecular formula is C13H26N4O7. The molecule has 0 saturated carbocycles. The molecule has 0 heterocycles. The van der Waals surface area contributed by atoms with Gasteiger partial charge in [-0.05, 0) is 5.53 Å². The van der Waals surface area contributed by atoms with Gasteiger partial charge in [0, 0.05) is 18.0 Å². The number of ether oxygens (including phenoxy) is 5. The highest BCUT2D eigenvalue weighted by molar-refractivity contribution is 5.68. The first-order chi connectivity index (χ1) is 11.7. The predicted octanol–water partition coefficient (Wildman–Crippen LogP) is -0.208. The molecule has 0 aliphatic carbocycles. The summed E-state index contributed by atoms with van der Waals surface area (Å²) in [7, 11) is 0. The fourth-order valence-corrected chi connectivity index (χ4v) is 1.44. The first-order valence-corrected chi connectivity index (χ1v) is 7.56. The maximum absolute atomic E-state index is 10.6. The van der Waals surface area contributed by atoms with Crippen molar-refractivity contribution in [1.29, 1.82) is 0 Å². The summed E-state index contributed by atoms with van der Waals surface area (Å²) in [6, 6.07) is 0. The van der Waals surface area contributed by atoms with E-state index in [-0.39, 0.29) is 19.8 Å². The molecule has 0 rings (SSSR count). The van der Waals surface area contributed by atoms with Crippen molar-refractivity contribution in [3.8, 4) is 0 Å². The molecule has 1 unspecified atom stereocenters. The fourth-order valence-electron chi connectivity index (χ4n) is 1.44. The van der Waals surface area contributed by atoms with Crippen LogP contribution in [0.15, 0.2) is 5.11 Å². The van der Waals surface area contributed by atoms with E-state index in [1.165, 1.54) is 0 Å². The van der Waals surface area contributed by atoms with Gasteiger partial charge in [-0.3, -0.25) is 0 Å². The first-order valence-electron chi connectivity index (χ1n) is 7.56. The van der Waals surface area contributed by atoms with E-state index >= 15 is 0 Å². The molecule has 0 aliphatic rings. The number of carboxylic acid groups (broad SMARTS) is 1. The van der Waals surface area contributed by atoms with Crippen molar-refractivity contribution in [2.24, 2.45) is 10.8 Å². The SMILES string of the molecule is [N-]=[N+]=NCCOCCOCC(COCCOCCN)OCC(=O)O. The quantitative estimate of drug-likeness (QED) is 0.149. The lowest BCUT2D eigenvalue weighted by molar-refractivity contribution is -0.148. The van der Waals surface area contributed by atoms with Gasteiger partial charge < -0.3 is 34.5 Å². The smallest absolute Gasteiger partial charge is 0.329 e. The van der Waals surface area contributed by atoms with Crippen LogP contribution in [-0.4, -0.2) is 89.7 Å². The molecule has 11 nitrogen and oxygen atoms in total. The van der Waals surface area contributed by atoms with E-state index in [0.29, 0.717) is 46.2 Å². The van der Waals surface area contributed by atoms with Crippen LogP contribution in [0, 0.1) is 0 Å². The number of aliphatic carboxylic acids is 1. The van der Waals surface area contributed by atoms with E-state index in [1.54, 1.807) is 0 Å². The second-order valence-corrected chi connectivity index (χ2v) is 4.44. The number of hydrogen-bond donors (Lipinski definition) is 2. The van der Waals surface area contributed by atoms with E-state index < -0.39 is 18.7 Å². The lowest BCUT2D eigenvalue weighted by Crippen LogP contribution is -2.29. The van der Waals surface area contributed by atoms with Crippen LogP contribution in [-0.2, 0) is 28.5 Å². The Morgan fingerprint density at radius 2 is 1.62 bits per heavy atom. The van der Waals surface area contributed by atoms with Crippen LogP contribution in [0.3, 0.4) is 0 Å². The average molecular weight is 350 g/mol. The van der Waals surface area contributed by atoms with Gasteiger partial charge in [0.25, 0.3) is 0 Å². The van der Waals surface area contributed by atoms with Crippen LogP contribution in [0.5, 0.6) is 0 Å². The zero-order chi connectivity index (χ0) is 17.9. The van der Waals surface area contributed by atoms with Crippen molar-refractivity contribution in [2.75, 3.05) is 72.6 Å². The van der Waals surface area contributed by atoms with Gasteiger partial charge in [0.2, 0.25) is 0 Å². The molecule has 1 atom stereocenters. The first kappa shape index (κ1) is 22.5.